The normalized spacial score (nSPS) is 21.5. The highest BCUT2D eigenvalue weighted by Gasteiger charge is 2.55. The van der Waals surface area contributed by atoms with Gasteiger partial charge in [-0.05, 0) is 34.5 Å². The molecule has 1 aliphatic heterocycles. The zero-order valence-electron chi connectivity index (χ0n) is 16.9. The fraction of sp³-hybridized carbons (Fsp3) is 1.00. The van der Waals surface area contributed by atoms with Crippen LogP contribution in [0.1, 0.15) is 101 Å². The van der Waals surface area contributed by atoms with Gasteiger partial charge >= 0.3 is 0 Å². The summed E-state index contributed by atoms with van der Waals surface area (Å²) in [5.74, 6) is -0.303. The molecule has 1 aliphatic rings. The molecule has 0 N–H and O–H groups in total. The molecule has 0 saturated carbocycles. The van der Waals surface area contributed by atoms with Crippen LogP contribution in [-0.4, -0.2) is 5.79 Å². The molecule has 0 bridgehead atoms. The average Bonchev–Trinajstić information content (AvgIpc) is 3.04. The van der Waals surface area contributed by atoms with Crippen LogP contribution in [-0.2, 0) is 9.78 Å². The van der Waals surface area contributed by atoms with Gasteiger partial charge in [-0.3, -0.25) is 0 Å². The van der Waals surface area contributed by atoms with Crippen molar-refractivity contribution >= 4 is 0 Å². The zero-order chi connectivity index (χ0) is 17.4. The van der Waals surface area contributed by atoms with Crippen LogP contribution in [0.25, 0.3) is 0 Å². The molecule has 132 valence electrons. The Balaban J connectivity index is 2.86. The van der Waals surface area contributed by atoms with E-state index in [1.807, 2.05) is 0 Å². The minimum absolute atomic E-state index is 0.210. The summed E-state index contributed by atoms with van der Waals surface area (Å²) < 4.78 is 0. The first kappa shape index (κ1) is 20.0. The molecule has 0 spiro atoms. The Morgan fingerprint density at radius 2 is 1.23 bits per heavy atom. The fourth-order valence-electron chi connectivity index (χ4n) is 2.96. The van der Waals surface area contributed by atoms with Crippen LogP contribution < -0.4 is 0 Å². The van der Waals surface area contributed by atoms with Crippen molar-refractivity contribution in [2.24, 2.45) is 21.7 Å². The van der Waals surface area contributed by atoms with E-state index in [9.17, 15) is 0 Å². The zero-order valence-corrected chi connectivity index (χ0v) is 16.9. The van der Waals surface area contributed by atoms with Gasteiger partial charge in [0.05, 0.1) is 0 Å². The predicted octanol–water partition coefficient (Wildman–Crippen LogP) is 6.74. The lowest BCUT2D eigenvalue weighted by Gasteiger charge is -2.47. The van der Waals surface area contributed by atoms with Crippen LogP contribution in [0.15, 0.2) is 0 Å². The van der Waals surface area contributed by atoms with Crippen LogP contribution in [0.4, 0.5) is 0 Å². The van der Waals surface area contributed by atoms with E-state index in [1.165, 1.54) is 12.8 Å². The maximum atomic E-state index is 5.43. The minimum Gasteiger partial charge on any atom is -0.195 e. The summed E-state index contributed by atoms with van der Waals surface area (Å²) in [4.78, 5) is 10.9. The smallest absolute Gasteiger partial charge is 0.195 e. The van der Waals surface area contributed by atoms with E-state index in [2.05, 4.69) is 69.2 Å². The van der Waals surface area contributed by atoms with Gasteiger partial charge in [0.15, 0.2) is 0 Å². The van der Waals surface area contributed by atoms with Crippen molar-refractivity contribution < 1.29 is 9.78 Å². The largest absolute Gasteiger partial charge is 0.234 e. The van der Waals surface area contributed by atoms with E-state index in [-0.39, 0.29) is 16.6 Å². The van der Waals surface area contributed by atoms with E-state index in [4.69, 9.17) is 9.78 Å². The van der Waals surface area contributed by atoms with E-state index in [0.29, 0.717) is 10.8 Å². The molecule has 1 atom stereocenters. The Bertz CT molecular complexity index is 366. The molecule has 0 aliphatic carbocycles. The standard InChI is InChI=1S/C20H40O2/c1-11-12-20(21-22-20)15-19(10,17(5,6)7)14-13-18(8,9)16(2,3)4/h11-15H2,1-10H3. The van der Waals surface area contributed by atoms with Crippen molar-refractivity contribution in [3.05, 3.63) is 0 Å². The Hall–Kier alpha value is -0.0800. The summed E-state index contributed by atoms with van der Waals surface area (Å²) >= 11 is 0. The van der Waals surface area contributed by atoms with E-state index in [1.54, 1.807) is 0 Å². The van der Waals surface area contributed by atoms with Crippen molar-refractivity contribution in [3.63, 3.8) is 0 Å². The first-order chi connectivity index (χ1) is 9.68. The summed E-state index contributed by atoms with van der Waals surface area (Å²) in [6.07, 6.45) is 5.54. The maximum absolute atomic E-state index is 5.43. The first-order valence-corrected chi connectivity index (χ1v) is 9.05. The molecular weight excluding hydrogens is 272 g/mol. The molecule has 1 heterocycles. The molecule has 1 saturated heterocycles. The van der Waals surface area contributed by atoms with Crippen molar-refractivity contribution in [1.82, 2.24) is 0 Å². The van der Waals surface area contributed by atoms with Gasteiger partial charge < -0.3 is 0 Å². The molecule has 1 unspecified atom stereocenters. The molecule has 0 aromatic heterocycles. The van der Waals surface area contributed by atoms with Crippen molar-refractivity contribution in [2.75, 3.05) is 0 Å². The molecule has 0 aromatic carbocycles. The van der Waals surface area contributed by atoms with Gasteiger partial charge in [-0.2, -0.15) is 9.78 Å². The van der Waals surface area contributed by atoms with Gasteiger partial charge in [0.25, 0.3) is 0 Å². The number of rotatable bonds is 7. The maximum Gasteiger partial charge on any atom is 0.234 e. The highest BCUT2D eigenvalue weighted by atomic mass is 17.4. The molecular formula is C20H40O2. The van der Waals surface area contributed by atoms with Gasteiger partial charge in [0, 0.05) is 12.8 Å². The molecule has 0 aromatic rings. The highest BCUT2D eigenvalue weighted by molar-refractivity contribution is 4.95. The lowest BCUT2D eigenvalue weighted by Crippen LogP contribution is -2.40. The molecule has 2 nitrogen and oxygen atoms in total. The summed E-state index contributed by atoms with van der Waals surface area (Å²) in [6.45, 7) is 23.6. The SMILES string of the molecule is CCCC1(CC(C)(CCC(C)(C)C(C)(C)C)C(C)(C)C)OO1. The Labute approximate surface area is 139 Å². The Morgan fingerprint density at radius 3 is 1.55 bits per heavy atom. The second kappa shape index (κ2) is 6.09. The Kier molecular flexibility index (Phi) is 5.53. The number of hydrogen-bond acceptors (Lipinski definition) is 2. The van der Waals surface area contributed by atoms with Crippen molar-refractivity contribution in [3.8, 4) is 0 Å². The molecule has 1 rings (SSSR count). The third-order valence-corrected chi connectivity index (χ3v) is 6.75. The third-order valence-electron chi connectivity index (χ3n) is 6.75. The third kappa shape index (κ3) is 4.47. The second-order valence-electron chi connectivity index (χ2n) is 10.4. The Morgan fingerprint density at radius 1 is 0.727 bits per heavy atom. The van der Waals surface area contributed by atoms with Gasteiger partial charge in [-0.1, -0.05) is 75.7 Å². The molecule has 0 radical (unpaired) electrons. The second-order valence-corrected chi connectivity index (χ2v) is 10.4. The molecule has 0 amide bonds. The molecule has 22 heavy (non-hydrogen) atoms. The van der Waals surface area contributed by atoms with Crippen molar-refractivity contribution in [2.45, 2.75) is 107 Å². The molecule has 2 heteroatoms. The summed E-state index contributed by atoms with van der Waals surface area (Å²) in [6, 6.07) is 0. The van der Waals surface area contributed by atoms with E-state index < -0.39 is 0 Å². The monoisotopic (exact) mass is 312 g/mol. The summed E-state index contributed by atoms with van der Waals surface area (Å²) in [7, 11) is 0. The van der Waals surface area contributed by atoms with Crippen LogP contribution in [0.5, 0.6) is 0 Å². The van der Waals surface area contributed by atoms with Crippen LogP contribution in [0, 0.1) is 21.7 Å². The van der Waals surface area contributed by atoms with Gasteiger partial charge in [0.2, 0.25) is 5.79 Å². The van der Waals surface area contributed by atoms with Gasteiger partial charge in [-0.15, -0.1) is 0 Å². The summed E-state index contributed by atoms with van der Waals surface area (Å²) in [5.41, 5.74) is 1.08. The summed E-state index contributed by atoms with van der Waals surface area (Å²) in [5, 5.41) is 0. The van der Waals surface area contributed by atoms with E-state index >= 15 is 0 Å². The van der Waals surface area contributed by atoms with Crippen LogP contribution in [0.3, 0.4) is 0 Å². The predicted molar refractivity (Wildman–Crippen MR) is 94.5 cm³/mol. The quantitative estimate of drug-likeness (QED) is 0.384. The van der Waals surface area contributed by atoms with Crippen LogP contribution >= 0.6 is 0 Å². The van der Waals surface area contributed by atoms with Crippen molar-refractivity contribution in [1.29, 1.82) is 0 Å². The van der Waals surface area contributed by atoms with Gasteiger partial charge in [-0.25, -0.2) is 0 Å². The van der Waals surface area contributed by atoms with Gasteiger partial charge in [0.1, 0.15) is 0 Å². The average molecular weight is 313 g/mol. The molecule has 1 fully saturated rings. The first-order valence-electron chi connectivity index (χ1n) is 9.05. The lowest BCUT2D eigenvalue weighted by molar-refractivity contribution is 0.0164. The lowest BCUT2D eigenvalue weighted by atomic mass is 9.58. The minimum atomic E-state index is -0.303. The van der Waals surface area contributed by atoms with E-state index in [0.717, 1.165) is 19.3 Å². The number of hydrogen-bond donors (Lipinski definition) is 0. The topological polar surface area (TPSA) is 25.1 Å². The van der Waals surface area contributed by atoms with Crippen LogP contribution in [0.2, 0.25) is 0 Å². The fourth-order valence-corrected chi connectivity index (χ4v) is 2.96. The highest BCUT2D eigenvalue weighted by Crippen LogP contribution is 2.55.